The molecule has 190 valence electrons. The Kier molecular flexibility index (Phi) is 5.73. The summed E-state index contributed by atoms with van der Waals surface area (Å²) in [6, 6.07) is 2.73. The van der Waals surface area contributed by atoms with Crippen LogP contribution < -0.4 is 10.6 Å². The van der Waals surface area contributed by atoms with E-state index in [2.05, 4.69) is 30.7 Å². The number of halogens is 4. The number of carbonyl (C=O) groups excluding carboxylic acids is 2. The Hall–Kier alpha value is -3.16. The van der Waals surface area contributed by atoms with Crippen molar-refractivity contribution in [2.24, 2.45) is 13.0 Å². The van der Waals surface area contributed by atoms with Gasteiger partial charge in [0, 0.05) is 24.6 Å². The summed E-state index contributed by atoms with van der Waals surface area (Å²) in [5.41, 5.74) is 0.290. The molecule has 2 amide bonds. The third-order valence-electron chi connectivity index (χ3n) is 6.90. The second-order valence-electron chi connectivity index (χ2n) is 9.55. The van der Waals surface area contributed by atoms with Gasteiger partial charge in [-0.2, -0.15) is 10.2 Å². The van der Waals surface area contributed by atoms with E-state index in [0.29, 0.717) is 11.6 Å². The van der Waals surface area contributed by atoms with Gasteiger partial charge in [-0.25, -0.2) is 9.18 Å². The number of alkyl carbamates (subject to hydrolysis) is 1. The van der Waals surface area contributed by atoms with E-state index in [1.54, 1.807) is 6.07 Å². The van der Waals surface area contributed by atoms with Crippen LogP contribution in [-0.4, -0.2) is 56.2 Å². The molecule has 4 fully saturated rings. The molecule has 4 aliphatic carbocycles. The van der Waals surface area contributed by atoms with Crippen molar-refractivity contribution >= 4 is 17.8 Å². The fraction of sp³-hybridized carbons (Fsp3) is 0.619. The number of aromatic amines is 1. The van der Waals surface area contributed by atoms with Gasteiger partial charge < -0.3 is 15.4 Å². The van der Waals surface area contributed by atoms with Crippen LogP contribution in [0.4, 0.5) is 28.2 Å². The Labute approximate surface area is 196 Å². The van der Waals surface area contributed by atoms with Crippen LogP contribution in [0, 0.1) is 5.92 Å². The molecule has 10 nitrogen and oxygen atoms in total. The first-order valence-corrected chi connectivity index (χ1v) is 11.2. The molecule has 14 heteroatoms. The van der Waals surface area contributed by atoms with Crippen molar-refractivity contribution in [1.82, 2.24) is 25.3 Å². The predicted molar refractivity (Wildman–Crippen MR) is 111 cm³/mol. The standard InChI is InChI=1S/C21H24F4N6O4/c1-31-15(4-12(30-31)9-34-21(23,24)25)18(32)26-17-5-14(28-29-17)11-2-13(22)16(3-11)35-19(33)27-20-6-10(7-20)8-20/h4-5,10-11,13,16H,2-3,6-9H2,1H3,(H,27,33)(H2,26,28,29,32). The lowest BCUT2D eigenvalue weighted by atomic mass is 9.50. The van der Waals surface area contributed by atoms with Gasteiger partial charge >= 0.3 is 12.5 Å². The van der Waals surface area contributed by atoms with Gasteiger partial charge in [-0.05, 0) is 44.1 Å². The van der Waals surface area contributed by atoms with E-state index in [9.17, 15) is 27.2 Å². The highest BCUT2D eigenvalue weighted by Crippen LogP contribution is 2.57. The maximum atomic E-state index is 14.5. The highest BCUT2D eigenvalue weighted by atomic mass is 19.4. The van der Waals surface area contributed by atoms with Gasteiger partial charge in [0.25, 0.3) is 5.91 Å². The van der Waals surface area contributed by atoms with Crippen molar-refractivity contribution in [1.29, 1.82) is 0 Å². The number of aryl methyl sites for hydroxylation is 1. The van der Waals surface area contributed by atoms with Crippen LogP contribution in [0.25, 0.3) is 0 Å². The highest BCUT2D eigenvalue weighted by Gasteiger charge is 2.58. The number of H-pyrrole nitrogens is 1. The van der Waals surface area contributed by atoms with E-state index in [-0.39, 0.29) is 41.5 Å². The SMILES string of the molecule is Cn1nc(COC(F)(F)F)cc1C(=O)Nc1cc(C2CC(F)C(OC(=O)NC34CC(C3)C4)C2)n[nH]1. The molecule has 6 rings (SSSR count). The number of ether oxygens (including phenoxy) is 2. The van der Waals surface area contributed by atoms with Crippen molar-refractivity contribution in [2.75, 3.05) is 5.32 Å². The molecule has 2 heterocycles. The van der Waals surface area contributed by atoms with Gasteiger partial charge in [-0.1, -0.05) is 0 Å². The predicted octanol–water partition coefficient (Wildman–Crippen LogP) is 3.29. The molecule has 3 atom stereocenters. The number of anilines is 1. The molecule has 2 bridgehead atoms. The van der Waals surface area contributed by atoms with E-state index in [1.807, 2.05) is 0 Å². The summed E-state index contributed by atoms with van der Waals surface area (Å²) >= 11 is 0. The average Bonchev–Trinajstić information content (AvgIpc) is 3.41. The maximum Gasteiger partial charge on any atom is 0.522 e. The molecular weight excluding hydrogens is 476 g/mol. The number of hydrogen-bond acceptors (Lipinski definition) is 6. The molecule has 0 radical (unpaired) electrons. The number of carbonyl (C=O) groups is 2. The van der Waals surface area contributed by atoms with Gasteiger partial charge in [0.05, 0.1) is 11.4 Å². The van der Waals surface area contributed by atoms with Crippen LogP contribution in [0.3, 0.4) is 0 Å². The zero-order valence-corrected chi connectivity index (χ0v) is 18.7. The van der Waals surface area contributed by atoms with Gasteiger partial charge in [0.1, 0.15) is 30.4 Å². The number of rotatable bonds is 7. The molecule has 2 aromatic heterocycles. The topological polar surface area (TPSA) is 123 Å². The molecule has 0 saturated heterocycles. The second kappa shape index (κ2) is 8.50. The fourth-order valence-corrected chi connectivity index (χ4v) is 5.09. The molecule has 35 heavy (non-hydrogen) atoms. The molecule has 3 N–H and O–H groups in total. The molecule has 0 spiro atoms. The zero-order chi connectivity index (χ0) is 25.0. The number of nitrogens with zero attached hydrogens (tertiary/aromatic N) is 3. The highest BCUT2D eigenvalue weighted by molar-refractivity contribution is 6.02. The number of amides is 2. The third kappa shape index (κ3) is 4.97. The van der Waals surface area contributed by atoms with E-state index in [1.165, 1.54) is 13.1 Å². The van der Waals surface area contributed by atoms with E-state index in [4.69, 9.17) is 4.74 Å². The van der Waals surface area contributed by atoms with Crippen LogP contribution in [0.2, 0.25) is 0 Å². The normalized spacial score (nSPS) is 29.3. The maximum absolute atomic E-state index is 14.5. The molecular formula is C21H24F4N6O4. The summed E-state index contributed by atoms with van der Waals surface area (Å²) in [5, 5.41) is 16.0. The third-order valence-corrected chi connectivity index (χ3v) is 6.90. The molecule has 3 unspecified atom stereocenters. The molecule has 0 aliphatic heterocycles. The number of hydrogen-bond donors (Lipinski definition) is 3. The van der Waals surface area contributed by atoms with Crippen molar-refractivity contribution in [2.45, 2.75) is 68.8 Å². The average molecular weight is 500 g/mol. The summed E-state index contributed by atoms with van der Waals surface area (Å²) in [7, 11) is 1.41. The minimum atomic E-state index is -4.81. The van der Waals surface area contributed by atoms with Crippen LogP contribution in [-0.2, 0) is 23.1 Å². The lowest BCUT2D eigenvalue weighted by molar-refractivity contribution is -0.330. The monoisotopic (exact) mass is 500 g/mol. The Bertz CT molecular complexity index is 1110. The Morgan fingerprint density at radius 3 is 2.66 bits per heavy atom. The number of nitrogens with one attached hydrogen (secondary N) is 3. The summed E-state index contributed by atoms with van der Waals surface area (Å²) in [4.78, 5) is 24.7. The summed E-state index contributed by atoms with van der Waals surface area (Å²) in [5.74, 6) is -0.0320. The lowest BCUT2D eigenvalue weighted by Crippen LogP contribution is -2.68. The first-order chi connectivity index (χ1) is 16.5. The van der Waals surface area contributed by atoms with E-state index in [0.717, 1.165) is 23.9 Å². The van der Waals surface area contributed by atoms with Crippen LogP contribution in [0.5, 0.6) is 0 Å². The van der Waals surface area contributed by atoms with Gasteiger partial charge in [-0.3, -0.25) is 19.3 Å². The van der Waals surface area contributed by atoms with E-state index >= 15 is 0 Å². The first-order valence-electron chi connectivity index (χ1n) is 11.2. The second-order valence-corrected chi connectivity index (χ2v) is 9.55. The first kappa shape index (κ1) is 23.6. The minimum Gasteiger partial charge on any atom is -0.443 e. The van der Waals surface area contributed by atoms with E-state index < -0.39 is 37.2 Å². The van der Waals surface area contributed by atoms with Gasteiger partial charge in [0.15, 0.2) is 0 Å². The minimum absolute atomic E-state index is 0.00908. The summed E-state index contributed by atoms with van der Waals surface area (Å²) in [6.07, 6.45) is -4.37. The smallest absolute Gasteiger partial charge is 0.443 e. The Balaban J connectivity index is 1.14. The number of aromatic nitrogens is 4. The summed E-state index contributed by atoms with van der Waals surface area (Å²) < 4.78 is 61.4. The fourth-order valence-electron chi connectivity index (χ4n) is 5.09. The Morgan fingerprint density at radius 2 is 2.00 bits per heavy atom. The Morgan fingerprint density at radius 1 is 1.26 bits per heavy atom. The molecule has 0 aromatic carbocycles. The zero-order valence-electron chi connectivity index (χ0n) is 18.7. The van der Waals surface area contributed by atoms with Crippen LogP contribution >= 0.6 is 0 Å². The van der Waals surface area contributed by atoms with Crippen LogP contribution in [0.15, 0.2) is 12.1 Å². The molecule has 4 saturated carbocycles. The van der Waals surface area contributed by atoms with Gasteiger partial charge in [-0.15, -0.1) is 13.2 Å². The van der Waals surface area contributed by atoms with Crippen molar-refractivity contribution in [3.63, 3.8) is 0 Å². The van der Waals surface area contributed by atoms with Crippen LogP contribution in [0.1, 0.15) is 59.9 Å². The van der Waals surface area contributed by atoms with Crippen molar-refractivity contribution < 1.29 is 36.6 Å². The van der Waals surface area contributed by atoms with Crippen molar-refractivity contribution in [3.8, 4) is 0 Å². The van der Waals surface area contributed by atoms with Gasteiger partial charge in [0.2, 0.25) is 0 Å². The largest absolute Gasteiger partial charge is 0.522 e. The molecule has 4 aliphatic rings. The molecule has 2 aromatic rings. The quantitative estimate of drug-likeness (QED) is 0.502. The van der Waals surface area contributed by atoms with Crippen molar-refractivity contribution in [3.05, 3.63) is 29.2 Å². The summed E-state index contributed by atoms with van der Waals surface area (Å²) in [6.45, 7) is -0.826. The lowest BCUT2D eigenvalue weighted by Gasteiger charge is -2.61. The number of alkyl halides is 4.